The van der Waals surface area contributed by atoms with Crippen LogP contribution in [0, 0.1) is 6.92 Å². The van der Waals surface area contributed by atoms with Crippen LogP contribution in [-0.2, 0) is 0 Å². The Hall–Kier alpha value is -1.13. The molecule has 1 atom stereocenters. The fourth-order valence-corrected chi connectivity index (χ4v) is 2.88. The standard InChI is InChI=1S/C15H23N3S/c1-11-6-7-14(13(9-11)15(16)19)18-8-4-5-12(10-18)17(2)3/h6-7,9,12H,4-5,8,10H2,1-3H3,(H2,16,19). The molecule has 2 rings (SSSR count). The lowest BCUT2D eigenvalue weighted by molar-refractivity contribution is 0.258. The maximum Gasteiger partial charge on any atom is 0.106 e. The quantitative estimate of drug-likeness (QED) is 0.858. The van der Waals surface area contributed by atoms with Gasteiger partial charge in [-0.1, -0.05) is 23.8 Å². The highest BCUT2D eigenvalue weighted by Gasteiger charge is 2.23. The number of aryl methyl sites for hydroxylation is 1. The number of hydrogen-bond donors (Lipinski definition) is 1. The summed E-state index contributed by atoms with van der Waals surface area (Å²) < 4.78 is 0. The lowest BCUT2D eigenvalue weighted by atomic mass is 10.0. The van der Waals surface area contributed by atoms with Crippen LogP contribution in [-0.4, -0.2) is 43.1 Å². The molecule has 1 aliphatic rings. The molecular formula is C15H23N3S. The number of piperidine rings is 1. The predicted molar refractivity (Wildman–Crippen MR) is 86.0 cm³/mol. The SMILES string of the molecule is Cc1ccc(N2CCCC(N(C)C)C2)c(C(N)=S)c1. The molecule has 0 bridgehead atoms. The van der Waals surface area contributed by atoms with E-state index in [9.17, 15) is 0 Å². The molecule has 1 unspecified atom stereocenters. The molecule has 0 aliphatic carbocycles. The van der Waals surface area contributed by atoms with Gasteiger partial charge in [-0.25, -0.2) is 0 Å². The van der Waals surface area contributed by atoms with Crippen LogP contribution in [0.15, 0.2) is 18.2 Å². The highest BCUT2D eigenvalue weighted by Crippen LogP contribution is 2.26. The molecule has 0 aromatic heterocycles. The van der Waals surface area contributed by atoms with Crippen molar-refractivity contribution in [2.24, 2.45) is 5.73 Å². The van der Waals surface area contributed by atoms with Crippen molar-refractivity contribution in [1.82, 2.24) is 4.90 Å². The Morgan fingerprint density at radius 3 is 2.79 bits per heavy atom. The van der Waals surface area contributed by atoms with Gasteiger partial charge in [-0.2, -0.15) is 0 Å². The second kappa shape index (κ2) is 5.88. The second-order valence-corrected chi connectivity index (χ2v) is 6.03. The highest BCUT2D eigenvalue weighted by atomic mass is 32.1. The first-order valence-corrected chi connectivity index (χ1v) is 7.21. The van der Waals surface area contributed by atoms with E-state index in [0.29, 0.717) is 11.0 Å². The van der Waals surface area contributed by atoms with Gasteiger partial charge < -0.3 is 15.5 Å². The lowest BCUT2D eigenvalue weighted by Gasteiger charge is -2.38. The average Bonchev–Trinajstić information content (AvgIpc) is 2.38. The van der Waals surface area contributed by atoms with Crippen molar-refractivity contribution in [1.29, 1.82) is 0 Å². The first-order chi connectivity index (χ1) is 8.99. The van der Waals surface area contributed by atoms with Gasteiger partial charge in [-0.3, -0.25) is 0 Å². The van der Waals surface area contributed by atoms with Crippen molar-refractivity contribution in [3.63, 3.8) is 0 Å². The average molecular weight is 277 g/mol. The monoisotopic (exact) mass is 277 g/mol. The summed E-state index contributed by atoms with van der Waals surface area (Å²) in [6.45, 7) is 4.21. The van der Waals surface area contributed by atoms with Crippen molar-refractivity contribution in [3.05, 3.63) is 29.3 Å². The molecular weight excluding hydrogens is 254 g/mol. The molecule has 1 aliphatic heterocycles. The fourth-order valence-electron chi connectivity index (χ4n) is 2.72. The molecule has 0 spiro atoms. The van der Waals surface area contributed by atoms with Gasteiger partial charge in [0.25, 0.3) is 0 Å². The number of rotatable bonds is 3. The molecule has 19 heavy (non-hydrogen) atoms. The molecule has 0 radical (unpaired) electrons. The summed E-state index contributed by atoms with van der Waals surface area (Å²) in [6, 6.07) is 6.99. The summed E-state index contributed by atoms with van der Waals surface area (Å²) >= 11 is 5.20. The molecule has 4 heteroatoms. The second-order valence-electron chi connectivity index (χ2n) is 5.59. The summed E-state index contributed by atoms with van der Waals surface area (Å²) in [6.07, 6.45) is 2.48. The Kier molecular flexibility index (Phi) is 4.42. The first kappa shape index (κ1) is 14.3. The number of hydrogen-bond acceptors (Lipinski definition) is 3. The predicted octanol–water partition coefficient (Wildman–Crippen LogP) is 2.16. The smallest absolute Gasteiger partial charge is 0.106 e. The van der Waals surface area contributed by atoms with Gasteiger partial charge >= 0.3 is 0 Å². The molecule has 104 valence electrons. The van der Waals surface area contributed by atoms with Crippen LogP contribution in [0.4, 0.5) is 5.69 Å². The molecule has 1 saturated heterocycles. The summed E-state index contributed by atoms with van der Waals surface area (Å²) in [5.74, 6) is 0. The van der Waals surface area contributed by atoms with E-state index < -0.39 is 0 Å². The third-order valence-corrected chi connectivity index (χ3v) is 4.10. The number of anilines is 1. The van der Waals surface area contributed by atoms with Gasteiger partial charge in [-0.05, 0) is 46.0 Å². The normalized spacial score (nSPS) is 19.8. The van der Waals surface area contributed by atoms with Crippen molar-refractivity contribution >= 4 is 22.9 Å². The van der Waals surface area contributed by atoms with Crippen LogP contribution < -0.4 is 10.6 Å². The molecule has 1 heterocycles. The lowest BCUT2D eigenvalue weighted by Crippen LogP contribution is -2.45. The molecule has 1 aromatic rings. The third kappa shape index (κ3) is 3.25. The number of likely N-dealkylation sites (N-methyl/N-ethyl adjacent to an activating group) is 1. The summed E-state index contributed by atoms with van der Waals surface area (Å²) in [5.41, 5.74) is 9.27. The van der Waals surface area contributed by atoms with E-state index in [1.165, 1.54) is 24.1 Å². The molecule has 2 N–H and O–H groups in total. The molecule has 3 nitrogen and oxygen atoms in total. The fraction of sp³-hybridized carbons (Fsp3) is 0.533. The van der Waals surface area contributed by atoms with Gasteiger partial charge in [-0.15, -0.1) is 0 Å². The minimum Gasteiger partial charge on any atom is -0.389 e. The maximum absolute atomic E-state index is 5.88. The third-order valence-electron chi connectivity index (χ3n) is 3.89. The van der Waals surface area contributed by atoms with Crippen LogP contribution in [0.25, 0.3) is 0 Å². The Morgan fingerprint density at radius 2 is 2.16 bits per heavy atom. The topological polar surface area (TPSA) is 32.5 Å². The van der Waals surface area contributed by atoms with Gasteiger partial charge in [0, 0.05) is 30.4 Å². The molecule has 1 fully saturated rings. The van der Waals surface area contributed by atoms with E-state index >= 15 is 0 Å². The zero-order valence-electron chi connectivity index (χ0n) is 12.0. The van der Waals surface area contributed by atoms with E-state index in [0.717, 1.165) is 18.7 Å². The van der Waals surface area contributed by atoms with Gasteiger partial charge in [0.05, 0.1) is 0 Å². The van der Waals surface area contributed by atoms with Crippen LogP contribution in [0.1, 0.15) is 24.0 Å². The molecule has 0 saturated carbocycles. The van der Waals surface area contributed by atoms with Crippen molar-refractivity contribution in [2.75, 3.05) is 32.1 Å². The Labute approximate surface area is 121 Å². The van der Waals surface area contributed by atoms with Crippen LogP contribution in [0.3, 0.4) is 0 Å². The van der Waals surface area contributed by atoms with Crippen LogP contribution in [0.5, 0.6) is 0 Å². The largest absolute Gasteiger partial charge is 0.389 e. The number of thiocarbonyl (C=S) groups is 1. The van der Waals surface area contributed by atoms with E-state index in [-0.39, 0.29) is 0 Å². The molecule has 0 amide bonds. The zero-order chi connectivity index (χ0) is 14.0. The summed E-state index contributed by atoms with van der Waals surface area (Å²) in [5, 5.41) is 0. The summed E-state index contributed by atoms with van der Waals surface area (Å²) in [4.78, 5) is 5.22. The van der Waals surface area contributed by atoms with E-state index in [4.69, 9.17) is 18.0 Å². The van der Waals surface area contributed by atoms with Gasteiger partial charge in [0.1, 0.15) is 4.99 Å². The Balaban J connectivity index is 2.28. The van der Waals surface area contributed by atoms with E-state index in [1.54, 1.807) is 0 Å². The van der Waals surface area contributed by atoms with Crippen LogP contribution >= 0.6 is 12.2 Å². The van der Waals surface area contributed by atoms with E-state index in [2.05, 4.69) is 49.0 Å². The number of nitrogens with zero attached hydrogens (tertiary/aromatic N) is 2. The summed E-state index contributed by atoms with van der Waals surface area (Å²) in [7, 11) is 4.30. The first-order valence-electron chi connectivity index (χ1n) is 6.81. The Bertz CT molecular complexity index is 470. The molecule has 1 aromatic carbocycles. The van der Waals surface area contributed by atoms with Crippen molar-refractivity contribution in [3.8, 4) is 0 Å². The number of benzene rings is 1. The highest BCUT2D eigenvalue weighted by molar-refractivity contribution is 7.80. The number of nitrogens with two attached hydrogens (primary N) is 1. The Morgan fingerprint density at radius 1 is 1.42 bits per heavy atom. The van der Waals surface area contributed by atoms with Crippen molar-refractivity contribution < 1.29 is 0 Å². The van der Waals surface area contributed by atoms with Gasteiger partial charge in [0.15, 0.2) is 0 Å². The minimum absolute atomic E-state index is 0.491. The van der Waals surface area contributed by atoms with Crippen molar-refractivity contribution in [2.45, 2.75) is 25.8 Å². The van der Waals surface area contributed by atoms with Crippen LogP contribution in [0.2, 0.25) is 0 Å². The minimum atomic E-state index is 0.491. The maximum atomic E-state index is 5.88. The van der Waals surface area contributed by atoms with E-state index in [1.807, 2.05) is 0 Å². The zero-order valence-corrected chi connectivity index (χ0v) is 12.8. The van der Waals surface area contributed by atoms with Gasteiger partial charge in [0.2, 0.25) is 0 Å².